The highest BCUT2D eigenvalue weighted by molar-refractivity contribution is 5.76. The van der Waals surface area contributed by atoms with Crippen molar-refractivity contribution in [3.63, 3.8) is 0 Å². The molecule has 0 unspecified atom stereocenters. The highest BCUT2D eigenvalue weighted by atomic mass is 19.1. The van der Waals surface area contributed by atoms with E-state index in [1.54, 1.807) is 30.6 Å². The van der Waals surface area contributed by atoms with Crippen LogP contribution in [-0.4, -0.2) is 20.9 Å². The van der Waals surface area contributed by atoms with E-state index in [0.717, 1.165) is 5.56 Å². The van der Waals surface area contributed by atoms with Crippen LogP contribution in [-0.2, 0) is 17.8 Å². The molecule has 0 bridgehead atoms. The van der Waals surface area contributed by atoms with Gasteiger partial charge in [0.15, 0.2) is 0 Å². The number of hydrogen-bond donors (Lipinski definition) is 1. The molecule has 0 saturated heterocycles. The van der Waals surface area contributed by atoms with Crippen LogP contribution in [0.2, 0.25) is 0 Å². The van der Waals surface area contributed by atoms with E-state index < -0.39 is 0 Å². The molecule has 0 spiro atoms. The maximum atomic E-state index is 13.7. The van der Waals surface area contributed by atoms with Crippen molar-refractivity contribution in [2.45, 2.75) is 25.4 Å². The Bertz CT molecular complexity index is 805. The summed E-state index contributed by atoms with van der Waals surface area (Å²) in [5.41, 5.74) is 1.52. The summed E-state index contributed by atoms with van der Waals surface area (Å²) in [7, 11) is 0. The molecule has 0 aliphatic rings. The lowest BCUT2D eigenvalue weighted by atomic mass is 10.1. The molecule has 0 aliphatic heterocycles. The molecule has 25 heavy (non-hydrogen) atoms. The van der Waals surface area contributed by atoms with Crippen LogP contribution in [0, 0.1) is 5.82 Å². The third-order valence-electron chi connectivity index (χ3n) is 3.93. The Morgan fingerprint density at radius 3 is 2.44 bits per heavy atom. The van der Waals surface area contributed by atoms with Gasteiger partial charge >= 0.3 is 0 Å². The molecular weight excluding hydrogens is 319 g/mol. The van der Waals surface area contributed by atoms with Crippen LogP contribution < -0.4 is 5.32 Å². The zero-order valence-electron chi connectivity index (χ0n) is 13.7. The van der Waals surface area contributed by atoms with Gasteiger partial charge in [0, 0.05) is 6.42 Å². The standard InChI is InChI=1S/C19H19FN4O/c20-17-9-5-4-6-15(17)10-11-19(25)23-18(14-24-21-12-13-22-24)16-7-2-1-3-8-16/h1-9,12-13,18H,10-11,14H2,(H,23,25)/t18-/m1/s1. The van der Waals surface area contributed by atoms with Gasteiger partial charge in [0.1, 0.15) is 5.82 Å². The molecule has 3 rings (SSSR count). The van der Waals surface area contributed by atoms with E-state index in [2.05, 4.69) is 15.5 Å². The van der Waals surface area contributed by atoms with Gasteiger partial charge in [-0.05, 0) is 23.6 Å². The summed E-state index contributed by atoms with van der Waals surface area (Å²) in [5, 5.41) is 11.2. The average molecular weight is 338 g/mol. The number of carbonyl (C=O) groups excluding carboxylic acids is 1. The summed E-state index contributed by atoms with van der Waals surface area (Å²) < 4.78 is 13.7. The molecule has 0 fully saturated rings. The topological polar surface area (TPSA) is 59.8 Å². The van der Waals surface area contributed by atoms with E-state index >= 15 is 0 Å². The lowest BCUT2D eigenvalue weighted by Crippen LogP contribution is -2.32. The molecule has 0 aliphatic carbocycles. The second-order valence-electron chi connectivity index (χ2n) is 5.71. The Labute approximate surface area is 145 Å². The minimum absolute atomic E-state index is 0.135. The van der Waals surface area contributed by atoms with Crippen molar-refractivity contribution < 1.29 is 9.18 Å². The van der Waals surface area contributed by atoms with Crippen molar-refractivity contribution in [1.29, 1.82) is 0 Å². The predicted molar refractivity (Wildman–Crippen MR) is 92.1 cm³/mol. The molecule has 0 radical (unpaired) electrons. The Hall–Kier alpha value is -3.02. The number of halogens is 1. The third-order valence-corrected chi connectivity index (χ3v) is 3.93. The van der Waals surface area contributed by atoms with Crippen molar-refractivity contribution >= 4 is 5.91 Å². The van der Waals surface area contributed by atoms with E-state index in [1.165, 1.54) is 10.9 Å². The number of benzene rings is 2. The lowest BCUT2D eigenvalue weighted by molar-refractivity contribution is -0.121. The largest absolute Gasteiger partial charge is 0.347 e. The first kappa shape index (κ1) is 16.8. The molecular formula is C19H19FN4O. The molecule has 128 valence electrons. The number of nitrogens with one attached hydrogen (secondary N) is 1. The molecule has 1 aromatic heterocycles. The molecule has 6 heteroatoms. The fourth-order valence-electron chi connectivity index (χ4n) is 2.64. The summed E-state index contributed by atoms with van der Waals surface area (Å²) in [5.74, 6) is -0.417. The van der Waals surface area contributed by atoms with Crippen molar-refractivity contribution in [3.05, 3.63) is 83.9 Å². The van der Waals surface area contributed by atoms with Crippen LogP contribution in [0.5, 0.6) is 0 Å². The summed E-state index contributed by atoms with van der Waals surface area (Å²) in [6, 6.07) is 15.9. The van der Waals surface area contributed by atoms with E-state index in [0.29, 0.717) is 18.5 Å². The molecule has 2 aromatic carbocycles. The first-order valence-electron chi connectivity index (χ1n) is 8.14. The molecule has 5 nitrogen and oxygen atoms in total. The number of hydrogen-bond acceptors (Lipinski definition) is 3. The van der Waals surface area contributed by atoms with Crippen molar-refractivity contribution in [2.24, 2.45) is 0 Å². The Kier molecular flexibility index (Phi) is 5.51. The summed E-state index contributed by atoms with van der Waals surface area (Å²) >= 11 is 0. The molecule has 1 heterocycles. The van der Waals surface area contributed by atoms with Crippen LogP contribution in [0.15, 0.2) is 67.0 Å². The number of carbonyl (C=O) groups is 1. The Morgan fingerprint density at radius 2 is 1.72 bits per heavy atom. The molecule has 3 aromatic rings. The summed E-state index contributed by atoms with van der Waals surface area (Å²) in [6.45, 7) is 0.433. The van der Waals surface area contributed by atoms with Crippen LogP contribution in [0.4, 0.5) is 4.39 Å². The first-order valence-corrected chi connectivity index (χ1v) is 8.14. The van der Waals surface area contributed by atoms with Crippen LogP contribution >= 0.6 is 0 Å². The average Bonchev–Trinajstić information content (AvgIpc) is 3.14. The van der Waals surface area contributed by atoms with E-state index in [1.807, 2.05) is 30.3 Å². The molecule has 1 N–H and O–H groups in total. The Morgan fingerprint density at radius 1 is 1.04 bits per heavy atom. The lowest BCUT2D eigenvalue weighted by Gasteiger charge is -2.19. The van der Waals surface area contributed by atoms with Gasteiger partial charge in [0.25, 0.3) is 0 Å². The molecule has 1 amide bonds. The number of aryl methyl sites for hydroxylation is 1. The van der Waals surface area contributed by atoms with Gasteiger partial charge in [-0.3, -0.25) is 4.79 Å². The maximum absolute atomic E-state index is 13.7. The van der Waals surface area contributed by atoms with Gasteiger partial charge < -0.3 is 5.32 Å². The second-order valence-corrected chi connectivity index (χ2v) is 5.71. The molecule has 1 atom stereocenters. The molecule has 0 saturated carbocycles. The van der Waals surface area contributed by atoms with Gasteiger partial charge in [0.05, 0.1) is 25.0 Å². The van der Waals surface area contributed by atoms with Gasteiger partial charge in [-0.2, -0.15) is 15.0 Å². The Balaban J connectivity index is 1.65. The number of amides is 1. The highest BCUT2D eigenvalue weighted by Gasteiger charge is 2.16. The number of aromatic nitrogens is 3. The van der Waals surface area contributed by atoms with Crippen molar-refractivity contribution in [1.82, 2.24) is 20.3 Å². The fraction of sp³-hybridized carbons (Fsp3) is 0.211. The predicted octanol–water partition coefficient (Wildman–Crippen LogP) is 2.91. The van der Waals surface area contributed by atoms with Gasteiger partial charge in [0.2, 0.25) is 5.91 Å². The van der Waals surface area contributed by atoms with E-state index in [-0.39, 0.29) is 24.2 Å². The number of rotatable bonds is 7. The summed E-state index contributed by atoms with van der Waals surface area (Å²) in [6.07, 6.45) is 3.78. The van der Waals surface area contributed by atoms with Crippen LogP contribution in [0.3, 0.4) is 0 Å². The first-order chi connectivity index (χ1) is 12.2. The zero-order chi connectivity index (χ0) is 17.5. The normalized spacial score (nSPS) is 11.9. The zero-order valence-corrected chi connectivity index (χ0v) is 13.7. The van der Waals surface area contributed by atoms with Crippen LogP contribution in [0.1, 0.15) is 23.6 Å². The SMILES string of the molecule is O=C(CCc1ccccc1F)N[C@H](Cn1nccn1)c1ccccc1. The smallest absolute Gasteiger partial charge is 0.220 e. The minimum atomic E-state index is -0.282. The van der Waals surface area contributed by atoms with Gasteiger partial charge in [-0.1, -0.05) is 48.5 Å². The fourth-order valence-corrected chi connectivity index (χ4v) is 2.64. The quantitative estimate of drug-likeness (QED) is 0.720. The van der Waals surface area contributed by atoms with E-state index in [4.69, 9.17) is 0 Å². The van der Waals surface area contributed by atoms with Crippen molar-refractivity contribution in [2.75, 3.05) is 0 Å². The number of nitrogens with zero attached hydrogens (tertiary/aromatic N) is 3. The van der Waals surface area contributed by atoms with Crippen LogP contribution in [0.25, 0.3) is 0 Å². The minimum Gasteiger partial charge on any atom is -0.347 e. The van der Waals surface area contributed by atoms with E-state index in [9.17, 15) is 9.18 Å². The maximum Gasteiger partial charge on any atom is 0.220 e. The highest BCUT2D eigenvalue weighted by Crippen LogP contribution is 2.15. The third kappa shape index (κ3) is 4.73. The summed E-state index contributed by atoms with van der Waals surface area (Å²) in [4.78, 5) is 13.9. The van der Waals surface area contributed by atoms with Crippen molar-refractivity contribution in [3.8, 4) is 0 Å². The van der Waals surface area contributed by atoms with Gasteiger partial charge in [-0.15, -0.1) is 0 Å². The monoisotopic (exact) mass is 338 g/mol. The second kappa shape index (κ2) is 8.19. The van der Waals surface area contributed by atoms with Gasteiger partial charge in [-0.25, -0.2) is 4.39 Å².